The molecule has 2 heterocycles. The van der Waals surface area contributed by atoms with Gasteiger partial charge >= 0.3 is 0 Å². The molecule has 1 aromatic heterocycles. The lowest BCUT2D eigenvalue weighted by Gasteiger charge is -2.39. The van der Waals surface area contributed by atoms with E-state index in [2.05, 4.69) is 58.0 Å². The minimum Gasteiger partial charge on any atom is -0.374 e. The number of hydrogen-bond donors (Lipinski definition) is 1. The van der Waals surface area contributed by atoms with Crippen LogP contribution in [0.15, 0.2) is 22.8 Å². The summed E-state index contributed by atoms with van der Waals surface area (Å²) in [7, 11) is 0. The molecule has 0 saturated carbocycles. The highest BCUT2D eigenvalue weighted by molar-refractivity contribution is 9.10. The number of rotatable bonds is 6. The van der Waals surface area contributed by atoms with Gasteiger partial charge in [-0.25, -0.2) is 0 Å². The van der Waals surface area contributed by atoms with Gasteiger partial charge in [-0.1, -0.05) is 6.92 Å². The lowest BCUT2D eigenvalue weighted by Crippen LogP contribution is -2.54. The minimum absolute atomic E-state index is 0.228. The number of hydrogen-bond acceptors (Lipinski definition) is 4. The molecule has 1 fully saturated rings. The summed E-state index contributed by atoms with van der Waals surface area (Å²) in [6.45, 7) is 10.4. The van der Waals surface area contributed by atoms with Crippen molar-refractivity contribution in [1.29, 1.82) is 0 Å². The molecule has 0 amide bonds. The summed E-state index contributed by atoms with van der Waals surface area (Å²) in [5, 5.41) is 3.57. The predicted octanol–water partition coefficient (Wildman–Crippen LogP) is 2.47. The molecule has 0 spiro atoms. The van der Waals surface area contributed by atoms with Crippen LogP contribution in [0.5, 0.6) is 0 Å². The summed E-state index contributed by atoms with van der Waals surface area (Å²) in [6, 6.07) is 5.01. The molecular formula is C16H26BrN3O. The molecule has 1 saturated heterocycles. The highest BCUT2D eigenvalue weighted by Crippen LogP contribution is 2.15. The van der Waals surface area contributed by atoms with Crippen LogP contribution in [0, 0.1) is 0 Å². The van der Waals surface area contributed by atoms with Crippen LogP contribution < -0.4 is 5.32 Å². The number of nitrogens with one attached hydrogen (secondary N) is 1. The molecular weight excluding hydrogens is 330 g/mol. The fraction of sp³-hybridized carbons (Fsp3) is 0.688. The Hall–Kier alpha value is -0.490. The topological polar surface area (TPSA) is 37.4 Å². The largest absolute Gasteiger partial charge is 0.374 e. The quantitative estimate of drug-likeness (QED) is 0.850. The van der Waals surface area contributed by atoms with Crippen molar-refractivity contribution in [2.24, 2.45) is 0 Å². The zero-order valence-corrected chi connectivity index (χ0v) is 14.8. The minimum atomic E-state index is 0.228. The Morgan fingerprint density at radius 2 is 2.29 bits per heavy atom. The van der Waals surface area contributed by atoms with Gasteiger partial charge in [0.25, 0.3) is 0 Å². The van der Waals surface area contributed by atoms with Crippen LogP contribution in [0.1, 0.15) is 26.5 Å². The van der Waals surface area contributed by atoms with Crippen molar-refractivity contribution in [3.05, 3.63) is 28.5 Å². The molecule has 0 aliphatic carbocycles. The summed E-state index contributed by atoms with van der Waals surface area (Å²) < 4.78 is 7.05. The van der Waals surface area contributed by atoms with Gasteiger partial charge in [0.1, 0.15) is 0 Å². The van der Waals surface area contributed by atoms with Crippen LogP contribution in [-0.2, 0) is 11.2 Å². The first-order chi connectivity index (χ1) is 10.1. The Morgan fingerprint density at radius 1 is 1.48 bits per heavy atom. The van der Waals surface area contributed by atoms with Gasteiger partial charge in [0.2, 0.25) is 0 Å². The number of likely N-dealkylation sites (N-methyl/N-ethyl adjacent to an activating group) is 1. The summed E-state index contributed by atoms with van der Waals surface area (Å²) in [5.41, 5.74) is 1.11. The van der Waals surface area contributed by atoms with E-state index in [9.17, 15) is 0 Å². The lowest BCUT2D eigenvalue weighted by molar-refractivity contribution is -0.0551. The Balaban J connectivity index is 2.01. The molecule has 0 aromatic carbocycles. The van der Waals surface area contributed by atoms with E-state index in [1.165, 1.54) is 0 Å². The number of aromatic nitrogens is 1. The van der Waals surface area contributed by atoms with Crippen molar-refractivity contribution in [1.82, 2.24) is 15.2 Å². The number of halogens is 1. The van der Waals surface area contributed by atoms with E-state index < -0.39 is 0 Å². The van der Waals surface area contributed by atoms with Crippen LogP contribution in [0.2, 0.25) is 0 Å². The molecule has 4 nitrogen and oxygen atoms in total. The van der Waals surface area contributed by atoms with E-state index >= 15 is 0 Å². The zero-order chi connectivity index (χ0) is 15.2. The fourth-order valence-corrected chi connectivity index (χ4v) is 2.99. The van der Waals surface area contributed by atoms with Crippen molar-refractivity contribution in [2.45, 2.75) is 45.4 Å². The molecule has 5 heteroatoms. The summed E-state index contributed by atoms with van der Waals surface area (Å²) in [6.07, 6.45) is 2.99. The van der Waals surface area contributed by atoms with Gasteiger partial charge in [-0.2, -0.15) is 0 Å². The third-order valence-corrected chi connectivity index (χ3v) is 4.46. The van der Waals surface area contributed by atoms with E-state index in [1.807, 2.05) is 12.3 Å². The number of ether oxygens (including phenoxy) is 1. The summed E-state index contributed by atoms with van der Waals surface area (Å²) >= 11 is 3.43. The first-order valence-electron chi connectivity index (χ1n) is 7.79. The van der Waals surface area contributed by atoms with Gasteiger partial charge in [0.05, 0.1) is 12.7 Å². The monoisotopic (exact) mass is 355 g/mol. The normalized spacial score (nSPS) is 21.7. The predicted molar refractivity (Wildman–Crippen MR) is 89.6 cm³/mol. The molecule has 0 radical (unpaired) electrons. The van der Waals surface area contributed by atoms with Crippen LogP contribution in [-0.4, -0.2) is 54.3 Å². The van der Waals surface area contributed by atoms with Crippen LogP contribution >= 0.6 is 15.9 Å². The maximum atomic E-state index is 6.03. The van der Waals surface area contributed by atoms with Gasteiger partial charge in [-0.3, -0.25) is 9.88 Å². The standard InChI is InChI=1S/C16H26BrN3O/c1-4-18-15(9-14-6-5-13(17)10-19-14)16-11-20(12(2)3)7-8-21-16/h5-6,10,12,15-16,18H,4,7-9,11H2,1-3H3. The highest BCUT2D eigenvalue weighted by atomic mass is 79.9. The van der Waals surface area contributed by atoms with E-state index in [-0.39, 0.29) is 6.10 Å². The zero-order valence-electron chi connectivity index (χ0n) is 13.2. The average molecular weight is 356 g/mol. The van der Waals surface area contributed by atoms with Crippen molar-refractivity contribution in [2.75, 3.05) is 26.2 Å². The second-order valence-electron chi connectivity index (χ2n) is 5.83. The third-order valence-electron chi connectivity index (χ3n) is 3.99. The molecule has 2 rings (SSSR count). The number of pyridine rings is 1. The van der Waals surface area contributed by atoms with E-state index in [0.717, 1.165) is 42.8 Å². The first kappa shape index (κ1) is 16.9. The highest BCUT2D eigenvalue weighted by Gasteiger charge is 2.29. The fourth-order valence-electron chi connectivity index (χ4n) is 2.76. The van der Waals surface area contributed by atoms with E-state index in [4.69, 9.17) is 4.74 Å². The Morgan fingerprint density at radius 3 is 2.90 bits per heavy atom. The van der Waals surface area contributed by atoms with Gasteiger partial charge < -0.3 is 10.1 Å². The Labute approximate surface area is 136 Å². The summed E-state index contributed by atoms with van der Waals surface area (Å²) in [4.78, 5) is 6.99. The molecule has 2 unspecified atom stereocenters. The van der Waals surface area contributed by atoms with Crippen molar-refractivity contribution >= 4 is 15.9 Å². The molecule has 2 atom stereocenters. The second-order valence-corrected chi connectivity index (χ2v) is 6.75. The van der Waals surface area contributed by atoms with Gasteiger partial charge in [-0.05, 0) is 48.5 Å². The second kappa shape index (κ2) is 8.22. The smallest absolute Gasteiger partial charge is 0.0859 e. The van der Waals surface area contributed by atoms with Crippen LogP contribution in [0.25, 0.3) is 0 Å². The third kappa shape index (κ3) is 5.02. The van der Waals surface area contributed by atoms with Gasteiger partial charge in [-0.15, -0.1) is 0 Å². The first-order valence-corrected chi connectivity index (χ1v) is 8.59. The van der Waals surface area contributed by atoms with Crippen molar-refractivity contribution in [3.8, 4) is 0 Å². The Bertz CT molecular complexity index is 424. The maximum Gasteiger partial charge on any atom is 0.0859 e. The van der Waals surface area contributed by atoms with Crippen LogP contribution in [0.4, 0.5) is 0 Å². The van der Waals surface area contributed by atoms with Crippen LogP contribution in [0.3, 0.4) is 0 Å². The SMILES string of the molecule is CCNC(Cc1ccc(Br)cn1)C1CN(C(C)C)CCO1. The average Bonchev–Trinajstić information content (AvgIpc) is 2.49. The number of nitrogens with zero attached hydrogens (tertiary/aromatic N) is 2. The molecule has 118 valence electrons. The molecule has 1 aromatic rings. The molecule has 1 aliphatic heterocycles. The van der Waals surface area contributed by atoms with Crippen molar-refractivity contribution < 1.29 is 4.74 Å². The molecule has 1 N–H and O–H groups in total. The number of morpholine rings is 1. The molecule has 0 bridgehead atoms. The van der Waals surface area contributed by atoms with E-state index in [1.54, 1.807) is 0 Å². The Kier molecular flexibility index (Phi) is 6.61. The van der Waals surface area contributed by atoms with Gasteiger partial charge in [0.15, 0.2) is 0 Å². The lowest BCUT2D eigenvalue weighted by atomic mass is 10.0. The van der Waals surface area contributed by atoms with Gasteiger partial charge in [0, 0.05) is 48.0 Å². The summed E-state index contributed by atoms with van der Waals surface area (Å²) in [5.74, 6) is 0. The maximum absolute atomic E-state index is 6.03. The van der Waals surface area contributed by atoms with Crippen molar-refractivity contribution in [3.63, 3.8) is 0 Å². The van der Waals surface area contributed by atoms with E-state index in [0.29, 0.717) is 12.1 Å². The molecule has 21 heavy (non-hydrogen) atoms. The molecule has 1 aliphatic rings.